The van der Waals surface area contributed by atoms with Crippen LogP contribution in [-0.4, -0.2) is 41.8 Å². The Bertz CT molecular complexity index is 1390. The third kappa shape index (κ3) is 6.89. The highest BCUT2D eigenvalue weighted by molar-refractivity contribution is 6.35. The first-order chi connectivity index (χ1) is 17.8. The summed E-state index contributed by atoms with van der Waals surface area (Å²) in [5.74, 6) is -1.69. The second kappa shape index (κ2) is 11.9. The van der Waals surface area contributed by atoms with E-state index in [9.17, 15) is 23.9 Å². The van der Waals surface area contributed by atoms with Gasteiger partial charge in [0.1, 0.15) is 19.0 Å². The Hall–Kier alpha value is -3.46. The van der Waals surface area contributed by atoms with Gasteiger partial charge in [-0.2, -0.15) is 0 Å². The maximum absolute atomic E-state index is 13.8. The number of nitrogens with zero attached hydrogens (tertiary/aromatic N) is 1. The summed E-state index contributed by atoms with van der Waals surface area (Å²) in [4.78, 5) is 39.2. The highest BCUT2D eigenvalue weighted by Gasteiger charge is 2.27. The lowest BCUT2D eigenvalue weighted by Crippen LogP contribution is -2.34. The first kappa shape index (κ1) is 29.1. The molecular formula is C28H26Cl2FNO6. The quantitative estimate of drug-likeness (QED) is 0.190. The summed E-state index contributed by atoms with van der Waals surface area (Å²) in [5.41, 5.74) is 0.630. The maximum atomic E-state index is 13.8. The van der Waals surface area contributed by atoms with Crippen LogP contribution in [0.4, 0.5) is 20.6 Å². The van der Waals surface area contributed by atoms with Crippen molar-refractivity contribution in [1.29, 1.82) is 0 Å². The Labute approximate surface area is 229 Å². The van der Waals surface area contributed by atoms with Crippen LogP contribution in [0.15, 0.2) is 54.6 Å². The van der Waals surface area contributed by atoms with E-state index in [1.807, 2.05) is 0 Å². The van der Waals surface area contributed by atoms with Crippen molar-refractivity contribution in [3.05, 3.63) is 92.7 Å². The fourth-order valence-corrected chi connectivity index (χ4v) is 4.06. The predicted molar refractivity (Wildman–Crippen MR) is 143 cm³/mol. The second-order valence-corrected chi connectivity index (χ2v) is 9.87. The maximum Gasteiger partial charge on any atom is 0.419 e. The fraction of sp³-hybridized carbons (Fsp3) is 0.250. The van der Waals surface area contributed by atoms with Gasteiger partial charge in [-0.05, 0) is 93.4 Å². The van der Waals surface area contributed by atoms with E-state index in [1.54, 1.807) is 32.0 Å². The van der Waals surface area contributed by atoms with Crippen molar-refractivity contribution in [3.8, 4) is 0 Å². The van der Waals surface area contributed by atoms with Gasteiger partial charge in [0.05, 0.1) is 16.4 Å². The van der Waals surface area contributed by atoms with E-state index in [1.165, 1.54) is 55.1 Å². The summed E-state index contributed by atoms with van der Waals surface area (Å²) in [6.07, 6.45) is -0.859. The van der Waals surface area contributed by atoms with Crippen LogP contribution in [0.3, 0.4) is 0 Å². The molecule has 0 saturated heterocycles. The number of ether oxygens (including phenoxy) is 2. The second-order valence-electron chi connectivity index (χ2n) is 9.03. The molecule has 0 aliphatic rings. The molecule has 0 unspecified atom stereocenters. The molecule has 0 spiro atoms. The first-order valence-electron chi connectivity index (χ1n) is 11.5. The summed E-state index contributed by atoms with van der Waals surface area (Å²) >= 11 is 12.5. The van der Waals surface area contributed by atoms with Gasteiger partial charge < -0.3 is 14.6 Å². The highest BCUT2D eigenvalue weighted by atomic mass is 35.5. The van der Waals surface area contributed by atoms with Crippen molar-refractivity contribution in [2.75, 3.05) is 18.1 Å². The molecule has 0 aliphatic heterocycles. The standard InChI is InChI=1S/C28H26Cl2FNO6/c1-16-13-18(29)5-8-21(16)25(33)22-9-7-20(15-23(22)30)32(24-10-6-19(31)14-17(24)2)27(35)38-12-11-37-26(34)28(3,4)36/h5-10,13-15,36H,11-12H2,1-4H3. The molecule has 3 rings (SSSR count). The van der Waals surface area contributed by atoms with Crippen LogP contribution < -0.4 is 4.90 Å². The van der Waals surface area contributed by atoms with Gasteiger partial charge in [-0.25, -0.2) is 18.9 Å². The van der Waals surface area contributed by atoms with E-state index in [2.05, 4.69) is 0 Å². The van der Waals surface area contributed by atoms with Gasteiger partial charge in [0.15, 0.2) is 11.4 Å². The summed E-state index contributed by atoms with van der Waals surface area (Å²) in [7, 11) is 0. The zero-order valence-corrected chi connectivity index (χ0v) is 22.7. The number of ketones is 1. The number of benzene rings is 3. The van der Waals surface area contributed by atoms with Crippen molar-refractivity contribution >= 4 is 52.4 Å². The number of hydrogen-bond donors (Lipinski definition) is 1. The van der Waals surface area contributed by atoms with Gasteiger partial charge in [0.25, 0.3) is 0 Å². The van der Waals surface area contributed by atoms with E-state index in [4.69, 9.17) is 32.7 Å². The SMILES string of the molecule is Cc1cc(Cl)ccc1C(=O)c1ccc(N(C(=O)OCCOC(=O)C(C)(C)O)c2ccc(F)cc2C)cc1Cl. The molecule has 0 aromatic heterocycles. The van der Waals surface area contributed by atoms with Crippen LogP contribution >= 0.6 is 23.2 Å². The van der Waals surface area contributed by atoms with Crippen molar-refractivity contribution in [2.45, 2.75) is 33.3 Å². The van der Waals surface area contributed by atoms with Gasteiger partial charge in [-0.15, -0.1) is 0 Å². The van der Waals surface area contributed by atoms with Gasteiger partial charge in [0.2, 0.25) is 0 Å². The number of hydrogen-bond acceptors (Lipinski definition) is 6. The molecule has 200 valence electrons. The van der Waals surface area contributed by atoms with E-state index in [-0.39, 0.29) is 35.3 Å². The average molecular weight is 562 g/mol. The lowest BCUT2D eigenvalue weighted by atomic mass is 9.98. The molecule has 0 atom stereocenters. The zero-order chi connectivity index (χ0) is 28.2. The zero-order valence-electron chi connectivity index (χ0n) is 21.2. The third-order valence-electron chi connectivity index (χ3n) is 5.51. The van der Waals surface area contributed by atoms with E-state index in [0.717, 1.165) is 0 Å². The Morgan fingerprint density at radius 2 is 1.55 bits per heavy atom. The van der Waals surface area contributed by atoms with Crippen LogP contribution in [0.25, 0.3) is 0 Å². The Morgan fingerprint density at radius 3 is 2.16 bits per heavy atom. The Morgan fingerprint density at radius 1 is 0.895 bits per heavy atom. The van der Waals surface area contributed by atoms with E-state index in [0.29, 0.717) is 27.4 Å². The average Bonchev–Trinajstić information content (AvgIpc) is 2.82. The molecule has 38 heavy (non-hydrogen) atoms. The minimum atomic E-state index is -1.69. The fourth-order valence-electron chi connectivity index (χ4n) is 3.57. The van der Waals surface area contributed by atoms with Crippen molar-refractivity contribution in [3.63, 3.8) is 0 Å². The molecular weight excluding hydrogens is 536 g/mol. The smallest absolute Gasteiger partial charge is 0.419 e. The Balaban J connectivity index is 1.90. The highest BCUT2D eigenvalue weighted by Crippen LogP contribution is 2.33. The van der Waals surface area contributed by atoms with Crippen LogP contribution in [0.2, 0.25) is 10.0 Å². The normalized spacial score (nSPS) is 11.2. The third-order valence-corrected chi connectivity index (χ3v) is 6.06. The van der Waals surface area contributed by atoms with Gasteiger partial charge in [-0.1, -0.05) is 23.2 Å². The Kier molecular flexibility index (Phi) is 9.14. The molecule has 10 heteroatoms. The lowest BCUT2D eigenvalue weighted by molar-refractivity contribution is -0.162. The largest absolute Gasteiger partial charge is 0.460 e. The number of anilines is 2. The molecule has 0 fully saturated rings. The van der Waals surface area contributed by atoms with Crippen LogP contribution in [-0.2, 0) is 14.3 Å². The number of rotatable bonds is 8. The van der Waals surface area contributed by atoms with Crippen molar-refractivity contribution in [1.82, 2.24) is 0 Å². The number of esters is 1. The molecule has 3 aromatic carbocycles. The minimum absolute atomic E-state index is 0.0820. The molecule has 0 radical (unpaired) electrons. The lowest BCUT2D eigenvalue weighted by Gasteiger charge is -2.25. The summed E-state index contributed by atoms with van der Waals surface area (Å²) < 4.78 is 24.0. The molecule has 0 heterocycles. The van der Waals surface area contributed by atoms with Crippen LogP contribution in [0.1, 0.15) is 40.9 Å². The molecule has 3 aromatic rings. The van der Waals surface area contributed by atoms with Gasteiger partial charge in [-0.3, -0.25) is 4.79 Å². The van der Waals surface area contributed by atoms with Crippen LogP contribution in [0.5, 0.6) is 0 Å². The summed E-state index contributed by atoms with van der Waals surface area (Å²) in [5, 5.41) is 10.2. The minimum Gasteiger partial charge on any atom is -0.460 e. The summed E-state index contributed by atoms with van der Waals surface area (Å²) in [6.45, 7) is 5.32. The van der Waals surface area contributed by atoms with Crippen LogP contribution in [0, 0.1) is 19.7 Å². The number of carbonyl (C=O) groups is 3. The molecule has 0 bridgehead atoms. The predicted octanol–water partition coefficient (Wildman–Crippen LogP) is 6.57. The van der Waals surface area contributed by atoms with E-state index < -0.39 is 23.5 Å². The molecule has 1 N–H and O–H groups in total. The van der Waals surface area contributed by atoms with Gasteiger partial charge in [0, 0.05) is 16.1 Å². The van der Waals surface area contributed by atoms with Gasteiger partial charge >= 0.3 is 12.1 Å². The topological polar surface area (TPSA) is 93.1 Å². The number of aryl methyl sites for hydroxylation is 2. The molecule has 1 amide bonds. The summed E-state index contributed by atoms with van der Waals surface area (Å²) in [6, 6.07) is 13.2. The monoisotopic (exact) mass is 561 g/mol. The number of aliphatic hydroxyl groups is 1. The number of amides is 1. The molecule has 0 saturated carbocycles. The number of carbonyl (C=O) groups excluding carboxylic acids is 3. The molecule has 0 aliphatic carbocycles. The van der Waals surface area contributed by atoms with Crippen molar-refractivity contribution < 1.29 is 33.4 Å². The first-order valence-corrected chi connectivity index (χ1v) is 12.3. The number of halogens is 3. The molecule has 7 nitrogen and oxygen atoms in total. The van der Waals surface area contributed by atoms with Crippen molar-refractivity contribution in [2.24, 2.45) is 0 Å². The van der Waals surface area contributed by atoms with E-state index >= 15 is 0 Å².